The molecular formula is C27H35F3N4O3. The predicted octanol–water partition coefficient (Wildman–Crippen LogP) is 4.49. The Bertz CT molecular complexity index is 1100. The number of hydrogen-bond donors (Lipinski definition) is 3. The molecule has 1 aromatic carbocycles. The van der Waals surface area contributed by atoms with E-state index in [2.05, 4.69) is 20.4 Å². The number of aromatic nitrogens is 1. The number of carbonyl (C=O) groups is 1. The van der Waals surface area contributed by atoms with Gasteiger partial charge < -0.3 is 20.5 Å². The molecule has 202 valence electrons. The number of hydrogen-bond acceptors (Lipinski definition) is 6. The maximum Gasteiger partial charge on any atom is 0.573 e. The number of aliphatic hydroxyl groups excluding tert-OH is 1. The summed E-state index contributed by atoms with van der Waals surface area (Å²) in [6.07, 6.45) is -2.35. The van der Waals surface area contributed by atoms with Gasteiger partial charge >= 0.3 is 6.36 Å². The maximum atomic E-state index is 12.7. The smallest absolute Gasteiger partial charge is 0.406 e. The van der Waals surface area contributed by atoms with Crippen LogP contribution in [0.1, 0.15) is 44.0 Å². The van der Waals surface area contributed by atoms with Crippen molar-refractivity contribution in [2.45, 2.75) is 59.4 Å². The Labute approximate surface area is 215 Å². The fourth-order valence-electron chi connectivity index (χ4n) is 3.54. The molecule has 0 radical (unpaired) electrons. The molecule has 0 aliphatic heterocycles. The van der Waals surface area contributed by atoms with Crippen LogP contribution >= 0.6 is 0 Å². The molecule has 2 rings (SSSR count). The van der Waals surface area contributed by atoms with Crippen molar-refractivity contribution in [3.05, 3.63) is 70.8 Å². The highest BCUT2D eigenvalue weighted by atomic mass is 19.4. The third kappa shape index (κ3) is 10.6. The first-order valence-electron chi connectivity index (χ1n) is 12.1. The molecule has 0 bridgehead atoms. The summed E-state index contributed by atoms with van der Waals surface area (Å²) in [6.45, 7) is 7.49. The third-order valence-electron chi connectivity index (χ3n) is 5.61. The van der Waals surface area contributed by atoms with E-state index in [1.807, 2.05) is 26.0 Å². The first-order valence-corrected chi connectivity index (χ1v) is 12.1. The average molecular weight is 521 g/mol. The lowest BCUT2D eigenvalue weighted by Gasteiger charge is -2.18. The van der Waals surface area contributed by atoms with Crippen molar-refractivity contribution in [3.63, 3.8) is 0 Å². The van der Waals surface area contributed by atoms with Gasteiger partial charge in [0.15, 0.2) is 0 Å². The summed E-state index contributed by atoms with van der Waals surface area (Å²) < 4.78 is 42.3. The van der Waals surface area contributed by atoms with E-state index < -0.39 is 12.5 Å². The third-order valence-corrected chi connectivity index (χ3v) is 5.61. The summed E-state index contributed by atoms with van der Waals surface area (Å²) >= 11 is 0. The minimum Gasteiger partial charge on any atom is -0.406 e. The second kappa shape index (κ2) is 13.8. The quantitative estimate of drug-likeness (QED) is 0.283. The normalized spacial score (nSPS) is 14.5. The number of carbonyl (C=O) groups excluding carboxylic acids is 1. The Kier molecular flexibility index (Phi) is 11.1. The summed E-state index contributed by atoms with van der Waals surface area (Å²) in [5.74, 6) is -0.440. The Hall–Kier alpha value is -3.40. The maximum absolute atomic E-state index is 12.7. The monoisotopic (exact) mass is 520 g/mol. The largest absolute Gasteiger partial charge is 0.573 e. The van der Waals surface area contributed by atoms with Gasteiger partial charge in [-0.15, -0.1) is 13.2 Å². The van der Waals surface area contributed by atoms with Crippen molar-refractivity contribution in [1.82, 2.24) is 15.6 Å². The molecule has 1 heterocycles. The highest BCUT2D eigenvalue weighted by Crippen LogP contribution is 2.24. The second-order valence-corrected chi connectivity index (χ2v) is 9.02. The van der Waals surface area contributed by atoms with Crippen LogP contribution in [0.4, 0.5) is 13.2 Å². The molecule has 0 aliphatic rings. The number of nitrogens with zero attached hydrogens (tertiary/aromatic N) is 2. The molecule has 10 heteroatoms. The van der Waals surface area contributed by atoms with Crippen molar-refractivity contribution >= 4 is 11.6 Å². The van der Waals surface area contributed by atoms with Crippen molar-refractivity contribution in [2.75, 3.05) is 13.6 Å². The second-order valence-electron chi connectivity index (χ2n) is 9.02. The Morgan fingerprint density at radius 2 is 1.95 bits per heavy atom. The molecule has 2 atom stereocenters. The summed E-state index contributed by atoms with van der Waals surface area (Å²) in [5, 5.41) is 15.1. The first kappa shape index (κ1) is 29.8. The average Bonchev–Trinajstić information content (AvgIpc) is 2.81. The number of halogens is 3. The van der Waals surface area contributed by atoms with Crippen LogP contribution in [-0.2, 0) is 17.6 Å². The zero-order valence-electron chi connectivity index (χ0n) is 21.8. The molecular weight excluding hydrogens is 485 g/mol. The number of amides is 1. The molecule has 0 aliphatic carbocycles. The van der Waals surface area contributed by atoms with E-state index in [4.69, 9.17) is 4.99 Å². The number of ether oxygens (including phenoxy) is 1. The van der Waals surface area contributed by atoms with Gasteiger partial charge in [0.25, 0.3) is 5.91 Å². The van der Waals surface area contributed by atoms with Gasteiger partial charge in [0, 0.05) is 43.5 Å². The van der Waals surface area contributed by atoms with Crippen LogP contribution in [0.2, 0.25) is 0 Å². The number of aliphatic imine (C=N–C) groups is 1. The van der Waals surface area contributed by atoms with Crippen LogP contribution in [0.15, 0.2) is 59.0 Å². The van der Waals surface area contributed by atoms with Gasteiger partial charge in [-0.25, -0.2) is 4.99 Å². The Morgan fingerprint density at radius 1 is 1.22 bits per heavy atom. The number of rotatable bonds is 12. The minimum absolute atomic E-state index is 0.142. The number of benzene rings is 1. The van der Waals surface area contributed by atoms with Gasteiger partial charge in [0.2, 0.25) is 0 Å². The standard InChI is InChI=1S/C27H35F3N4O3/c1-17-9-10-22(33-16-17)13-18(2)24(15-21-7-6-8-23(14-21)37-27(28,29)30)34-25(31-5)20(4)26(36)32-12-11-19(3)35/h6-10,14,16,18-19,31,35H,11-13,15H2,1-5H3,(H,32,36)/b25-20+,34-24?. The lowest BCUT2D eigenvalue weighted by Crippen LogP contribution is -2.29. The van der Waals surface area contributed by atoms with E-state index in [-0.39, 0.29) is 24.0 Å². The van der Waals surface area contributed by atoms with Gasteiger partial charge in [-0.05, 0) is 62.9 Å². The van der Waals surface area contributed by atoms with Crippen molar-refractivity contribution in [2.24, 2.45) is 10.9 Å². The minimum atomic E-state index is -4.79. The Morgan fingerprint density at radius 3 is 2.54 bits per heavy atom. The number of aliphatic hydroxyl groups is 1. The van der Waals surface area contributed by atoms with Crippen LogP contribution in [0, 0.1) is 12.8 Å². The molecule has 1 amide bonds. The van der Waals surface area contributed by atoms with E-state index in [0.29, 0.717) is 42.1 Å². The molecule has 3 N–H and O–H groups in total. The lowest BCUT2D eigenvalue weighted by atomic mass is 9.93. The van der Waals surface area contributed by atoms with Gasteiger partial charge in [-0.1, -0.05) is 25.1 Å². The number of aryl methyl sites for hydroxylation is 1. The molecule has 37 heavy (non-hydrogen) atoms. The van der Waals surface area contributed by atoms with Crippen LogP contribution in [-0.4, -0.2) is 47.8 Å². The fourth-order valence-corrected chi connectivity index (χ4v) is 3.54. The number of pyridine rings is 1. The highest BCUT2D eigenvalue weighted by Gasteiger charge is 2.31. The van der Waals surface area contributed by atoms with E-state index >= 15 is 0 Å². The van der Waals surface area contributed by atoms with Gasteiger partial charge in [-0.2, -0.15) is 0 Å². The summed E-state index contributed by atoms with van der Waals surface area (Å²) in [6, 6.07) is 9.66. The van der Waals surface area contributed by atoms with Gasteiger partial charge in [-0.3, -0.25) is 9.78 Å². The predicted molar refractivity (Wildman–Crippen MR) is 137 cm³/mol. The molecule has 7 nitrogen and oxygen atoms in total. The SMILES string of the molecule is CN/C(N=C(Cc1cccc(OC(F)(F)F)c1)C(C)Cc1ccc(C)cn1)=C(/C)C(=O)NCCC(C)O. The lowest BCUT2D eigenvalue weighted by molar-refractivity contribution is -0.274. The molecule has 0 saturated carbocycles. The van der Waals surface area contributed by atoms with E-state index in [0.717, 1.165) is 11.3 Å². The van der Waals surface area contributed by atoms with Crippen LogP contribution in [0.5, 0.6) is 5.75 Å². The van der Waals surface area contributed by atoms with Gasteiger partial charge in [0.05, 0.1) is 11.7 Å². The van der Waals surface area contributed by atoms with Crippen molar-refractivity contribution < 1.29 is 27.8 Å². The fraction of sp³-hybridized carbons (Fsp3) is 0.444. The first-order chi connectivity index (χ1) is 17.4. The van der Waals surface area contributed by atoms with Gasteiger partial charge in [0.1, 0.15) is 11.6 Å². The van der Waals surface area contributed by atoms with E-state index in [9.17, 15) is 23.1 Å². The van der Waals surface area contributed by atoms with Crippen LogP contribution in [0.25, 0.3) is 0 Å². The molecule has 2 aromatic rings. The van der Waals surface area contributed by atoms with E-state index in [1.54, 1.807) is 33.2 Å². The van der Waals surface area contributed by atoms with Crippen molar-refractivity contribution in [1.29, 1.82) is 0 Å². The molecule has 2 unspecified atom stereocenters. The zero-order chi connectivity index (χ0) is 27.6. The highest BCUT2D eigenvalue weighted by molar-refractivity contribution is 5.95. The van der Waals surface area contributed by atoms with E-state index in [1.165, 1.54) is 18.2 Å². The Balaban J connectivity index is 2.39. The van der Waals surface area contributed by atoms with Crippen molar-refractivity contribution in [3.8, 4) is 5.75 Å². The molecule has 0 spiro atoms. The number of nitrogens with one attached hydrogen (secondary N) is 2. The molecule has 0 saturated heterocycles. The zero-order valence-corrected chi connectivity index (χ0v) is 21.8. The van der Waals surface area contributed by atoms with Crippen LogP contribution in [0.3, 0.4) is 0 Å². The summed E-state index contributed by atoms with van der Waals surface area (Å²) in [7, 11) is 1.65. The summed E-state index contributed by atoms with van der Waals surface area (Å²) in [4.78, 5) is 21.9. The van der Waals surface area contributed by atoms with Crippen LogP contribution < -0.4 is 15.4 Å². The number of alkyl halides is 3. The molecule has 1 aromatic heterocycles. The summed E-state index contributed by atoms with van der Waals surface area (Å²) in [5.41, 5.74) is 3.47. The molecule has 0 fully saturated rings. The topological polar surface area (TPSA) is 95.8 Å².